The normalized spacial score (nSPS) is 10.0. The van der Waals surface area contributed by atoms with Gasteiger partial charge in [-0.2, -0.15) is 0 Å². The lowest BCUT2D eigenvalue weighted by atomic mass is 10.2. The molecule has 0 radical (unpaired) electrons. The van der Waals surface area contributed by atoms with Crippen molar-refractivity contribution in [2.45, 2.75) is 6.54 Å². The van der Waals surface area contributed by atoms with Gasteiger partial charge in [-0.25, -0.2) is 0 Å². The molecule has 1 heterocycles. The first-order valence-corrected chi connectivity index (χ1v) is 3.24. The van der Waals surface area contributed by atoms with Crippen LogP contribution in [-0.4, -0.2) is 9.67 Å². The molecule has 1 rings (SSSR count). The number of pyridine rings is 1. The fourth-order valence-electron chi connectivity index (χ4n) is 0.790. The quantitative estimate of drug-likeness (QED) is 0.575. The van der Waals surface area contributed by atoms with Crippen LogP contribution in [-0.2, 0) is 13.6 Å². The molecule has 3 N–H and O–H groups in total. The minimum absolute atomic E-state index is 0.0575. The maximum absolute atomic E-state index is 11.0. The Bertz CT molecular complexity index is 317. The fourth-order valence-corrected chi connectivity index (χ4v) is 0.790. The average Bonchev–Trinajstić information content (AvgIpc) is 1.99. The third kappa shape index (κ3) is 1.40. The minimum atomic E-state index is -0.245. The first kappa shape index (κ1) is 7.81. The predicted octanol–water partition coefficient (Wildman–Crippen LogP) is -0.450. The largest absolute Gasteiger partial charge is 0.494 e. The highest BCUT2D eigenvalue weighted by Crippen LogP contribution is 2.05. The predicted molar refractivity (Wildman–Crippen MR) is 41.2 cm³/mol. The zero-order chi connectivity index (χ0) is 8.43. The number of nitrogens with zero attached hydrogens (tertiary/aromatic N) is 1. The summed E-state index contributed by atoms with van der Waals surface area (Å²) < 4.78 is 1.15. The van der Waals surface area contributed by atoms with Gasteiger partial charge in [-0.15, -0.1) is 0 Å². The summed E-state index contributed by atoms with van der Waals surface area (Å²) in [6.45, 7) is 0.267. The summed E-state index contributed by atoms with van der Waals surface area (Å²) in [5, 5.41) is 9.12. The smallest absolute Gasteiger partial charge is 0.253 e. The molecular weight excluding hydrogens is 144 g/mol. The second-order valence-electron chi connectivity index (χ2n) is 2.32. The molecule has 60 valence electrons. The molecule has 4 heteroatoms. The zero-order valence-corrected chi connectivity index (χ0v) is 6.24. The van der Waals surface area contributed by atoms with Crippen molar-refractivity contribution in [2.75, 3.05) is 0 Å². The van der Waals surface area contributed by atoms with Crippen LogP contribution in [0, 0.1) is 0 Å². The molecule has 0 saturated heterocycles. The highest BCUT2D eigenvalue weighted by Gasteiger charge is 1.99. The van der Waals surface area contributed by atoms with Gasteiger partial charge in [-0.3, -0.25) is 9.36 Å². The topological polar surface area (TPSA) is 68.2 Å². The van der Waals surface area contributed by atoms with Crippen LogP contribution in [0.3, 0.4) is 0 Å². The minimum Gasteiger partial charge on any atom is -0.494 e. The second-order valence-corrected chi connectivity index (χ2v) is 2.32. The van der Waals surface area contributed by atoms with Gasteiger partial charge < -0.3 is 10.8 Å². The molecule has 0 aliphatic rings. The summed E-state index contributed by atoms with van der Waals surface area (Å²) in [7, 11) is 1.50. The Hall–Kier alpha value is -1.29. The van der Waals surface area contributed by atoms with Crippen molar-refractivity contribution in [1.82, 2.24) is 4.57 Å². The van der Waals surface area contributed by atoms with Gasteiger partial charge in [-0.1, -0.05) is 0 Å². The molecular formula is C7H10N2O2. The van der Waals surface area contributed by atoms with E-state index in [-0.39, 0.29) is 18.0 Å². The van der Waals surface area contributed by atoms with Crippen LogP contribution in [0.1, 0.15) is 5.56 Å². The van der Waals surface area contributed by atoms with Gasteiger partial charge in [0, 0.05) is 25.7 Å². The summed E-state index contributed by atoms with van der Waals surface area (Å²) >= 11 is 0. The fraction of sp³-hybridized carbons (Fsp3) is 0.286. The first-order valence-electron chi connectivity index (χ1n) is 3.24. The zero-order valence-electron chi connectivity index (χ0n) is 6.24. The lowest BCUT2D eigenvalue weighted by Crippen LogP contribution is -2.16. The van der Waals surface area contributed by atoms with E-state index in [1.54, 1.807) is 0 Å². The first-order chi connectivity index (χ1) is 5.15. The van der Waals surface area contributed by atoms with Gasteiger partial charge in [0.15, 0.2) is 5.88 Å². The standard InChI is InChI=1S/C7H10N2O2/c1-9-6(10)2-5(4-8)3-7(9)11/h2-3,10H,4,8H2,1H3. The van der Waals surface area contributed by atoms with Crippen LogP contribution in [0.4, 0.5) is 0 Å². The van der Waals surface area contributed by atoms with Crippen LogP contribution in [0.25, 0.3) is 0 Å². The molecule has 0 amide bonds. The molecule has 0 aliphatic heterocycles. The van der Waals surface area contributed by atoms with Crippen LogP contribution in [0.5, 0.6) is 5.88 Å². The van der Waals surface area contributed by atoms with E-state index >= 15 is 0 Å². The number of aromatic nitrogens is 1. The van der Waals surface area contributed by atoms with Crippen LogP contribution < -0.4 is 11.3 Å². The maximum Gasteiger partial charge on any atom is 0.253 e. The number of aromatic hydroxyl groups is 1. The van der Waals surface area contributed by atoms with Crippen molar-refractivity contribution < 1.29 is 5.11 Å². The Kier molecular flexibility index (Phi) is 1.96. The Labute approximate surface area is 63.9 Å². The average molecular weight is 154 g/mol. The van der Waals surface area contributed by atoms with Gasteiger partial charge >= 0.3 is 0 Å². The van der Waals surface area contributed by atoms with Crippen molar-refractivity contribution in [3.63, 3.8) is 0 Å². The number of rotatable bonds is 1. The molecule has 4 nitrogen and oxygen atoms in total. The van der Waals surface area contributed by atoms with Gasteiger partial charge in [-0.05, 0) is 5.56 Å². The van der Waals surface area contributed by atoms with Crippen molar-refractivity contribution in [3.05, 3.63) is 28.0 Å². The molecule has 1 aromatic heterocycles. The molecule has 0 saturated carbocycles. The van der Waals surface area contributed by atoms with E-state index in [0.29, 0.717) is 5.56 Å². The summed E-state index contributed by atoms with van der Waals surface area (Å²) in [5.41, 5.74) is 5.68. The van der Waals surface area contributed by atoms with Crippen molar-refractivity contribution in [2.24, 2.45) is 12.8 Å². The Balaban J connectivity index is 3.32. The van der Waals surface area contributed by atoms with Crippen molar-refractivity contribution >= 4 is 0 Å². The SMILES string of the molecule is Cn1c(O)cc(CN)cc1=O. The molecule has 0 fully saturated rings. The molecule has 0 aromatic carbocycles. The number of hydrogen-bond donors (Lipinski definition) is 2. The highest BCUT2D eigenvalue weighted by molar-refractivity contribution is 5.20. The van der Waals surface area contributed by atoms with E-state index in [0.717, 1.165) is 4.57 Å². The maximum atomic E-state index is 11.0. The van der Waals surface area contributed by atoms with E-state index < -0.39 is 0 Å². The van der Waals surface area contributed by atoms with E-state index in [2.05, 4.69) is 0 Å². The molecule has 0 atom stereocenters. The van der Waals surface area contributed by atoms with E-state index in [9.17, 15) is 4.79 Å². The lowest BCUT2D eigenvalue weighted by Gasteiger charge is -2.02. The molecule has 0 spiro atoms. The highest BCUT2D eigenvalue weighted by atomic mass is 16.3. The molecule has 0 bridgehead atoms. The molecule has 11 heavy (non-hydrogen) atoms. The van der Waals surface area contributed by atoms with Gasteiger partial charge in [0.2, 0.25) is 0 Å². The summed E-state index contributed by atoms with van der Waals surface area (Å²) in [4.78, 5) is 11.0. The lowest BCUT2D eigenvalue weighted by molar-refractivity contribution is 0.422. The molecule has 0 aliphatic carbocycles. The Morgan fingerprint density at radius 3 is 2.73 bits per heavy atom. The van der Waals surface area contributed by atoms with E-state index in [1.165, 1.54) is 19.2 Å². The third-order valence-corrected chi connectivity index (χ3v) is 1.53. The van der Waals surface area contributed by atoms with Gasteiger partial charge in [0.25, 0.3) is 5.56 Å². The molecule has 1 aromatic rings. The van der Waals surface area contributed by atoms with Gasteiger partial charge in [0.05, 0.1) is 0 Å². The summed E-state index contributed by atoms with van der Waals surface area (Å²) in [5.74, 6) is -0.0575. The number of nitrogens with two attached hydrogens (primary N) is 1. The second kappa shape index (κ2) is 2.75. The van der Waals surface area contributed by atoms with Gasteiger partial charge in [0.1, 0.15) is 0 Å². The van der Waals surface area contributed by atoms with E-state index in [1.807, 2.05) is 0 Å². The van der Waals surface area contributed by atoms with Crippen LogP contribution >= 0.6 is 0 Å². The summed E-state index contributed by atoms with van der Waals surface area (Å²) in [6, 6.07) is 2.88. The summed E-state index contributed by atoms with van der Waals surface area (Å²) in [6.07, 6.45) is 0. The number of hydrogen-bond acceptors (Lipinski definition) is 3. The van der Waals surface area contributed by atoms with Crippen molar-refractivity contribution in [1.29, 1.82) is 0 Å². The third-order valence-electron chi connectivity index (χ3n) is 1.53. The Morgan fingerprint density at radius 2 is 2.27 bits per heavy atom. The monoisotopic (exact) mass is 154 g/mol. The Morgan fingerprint density at radius 1 is 1.64 bits per heavy atom. The van der Waals surface area contributed by atoms with Crippen LogP contribution in [0.2, 0.25) is 0 Å². The van der Waals surface area contributed by atoms with Crippen molar-refractivity contribution in [3.8, 4) is 5.88 Å². The molecule has 0 unspecified atom stereocenters. The van der Waals surface area contributed by atoms with E-state index in [4.69, 9.17) is 10.8 Å². The van der Waals surface area contributed by atoms with Crippen LogP contribution in [0.15, 0.2) is 16.9 Å².